The van der Waals surface area contributed by atoms with E-state index in [4.69, 9.17) is 4.74 Å². The van der Waals surface area contributed by atoms with Crippen LogP contribution in [0.25, 0.3) is 0 Å². The highest BCUT2D eigenvalue weighted by atomic mass is 16.5. The number of benzene rings is 1. The van der Waals surface area contributed by atoms with Gasteiger partial charge >= 0.3 is 0 Å². The van der Waals surface area contributed by atoms with Gasteiger partial charge < -0.3 is 9.84 Å². The number of aliphatic hydroxyl groups is 1. The molecular weight excluding hydrogens is 152 g/mol. The third-order valence-corrected chi connectivity index (χ3v) is 1.93. The number of methoxy groups -OCH3 is 1. The van der Waals surface area contributed by atoms with Gasteiger partial charge in [0.25, 0.3) is 0 Å². The molecule has 0 amide bonds. The second-order valence-corrected chi connectivity index (χ2v) is 2.90. The fourth-order valence-electron chi connectivity index (χ4n) is 1.24. The van der Waals surface area contributed by atoms with Crippen LogP contribution < -0.4 is 4.74 Å². The van der Waals surface area contributed by atoms with E-state index >= 15 is 0 Å². The van der Waals surface area contributed by atoms with Crippen molar-refractivity contribution in [2.24, 2.45) is 0 Å². The molecule has 12 heavy (non-hydrogen) atoms. The molecular formula is C10H14O2. The molecule has 1 aromatic carbocycles. The van der Waals surface area contributed by atoms with E-state index in [1.165, 1.54) is 0 Å². The largest absolute Gasteiger partial charge is 0.497 e. The van der Waals surface area contributed by atoms with Gasteiger partial charge in [0.15, 0.2) is 0 Å². The Labute approximate surface area is 72.8 Å². The van der Waals surface area contributed by atoms with E-state index in [-0.39, 0.29) is 0 Å². The minimum atomic E-state index is -0.407. The van der Waals surface area contributed by atoms with Gasteiger partial charge in [-0.1, -0.05) is 6.07 Å². The summed E-state index contributed by atoms with van der Waals surface area (Å²) in [5.74, 6) is 0.830. The molecule has 0 radical (unpaired) electrons. The van der Waals surface area contributed by atoms with Gasteiger partial charge in [-0.25, -0.2) is 0 Å². The summed E-state index contributed by atoms with van der Waals surface area (Å²) in [6.45, 7) is 3.72. The first-order valence-electron chi connectivity index (χ1n) is 3.97. The quantitative estimate of drug-likeness (QED) is 0.728. The van der Waals surface area contributed by atoms with Crippen LogP contribution in [0.3, 0.4) is 0 Å². The minimum Gasteiger partial charge on any atom is -0.497 e. The first-order valence-corrected chi connectivity index (χ1v) is 3.97. The van der Waals surface area contributed by atoms with Crippen molar-refractivity contribution in [3.8, 4) is 5.75 Å². The summed E-state index contributed by atoms with van der Waals surface area (Å²) in [5.41, 5.74) is 2.01. The second kappa shape index (κ2) is 3.59. The van der Waals surface area contributed by atoms with E-state index in [1.807, 2.05) is 25.1 Å². The molecule has 1 rings (SSSR count). The first kappa shape index (κ1) is 9.07. The van der Waals surface area contributed by atoms with E-state index in [2.05, 4.69) is 0 Å². The minimum absolute atomic E-state index is 0.407. The zero-order valence-electron chi connectivity index (χ0n) is 7.66. The lowest BCUT2D eigenvalue weighted by molar-refractivity contribution is 0.198. The van der Waals surface area contributed by atoms with Gasteiger partial charge in [0.1, 0.15) is 5.75 Å². The smallest absolute Gasteiger partial charge is 0.119 e. The van der Waals surface area contributed by atoms with Gasteiger partial charge in [0.2, 0.25) is 0 Å². The van der Waals surface area contributed by atoms with Crippen LogP contribution in [0.4, 0.5) is 0 Å². The SMILES string of the molecule is COc1ccc([C@H](C)O)c(C)c1. The number of aryl methyl sites for hydroxylation is 1. The number of aliphatic hydroxyl groups excluding tert-OH is 1. The monoisotopic (exact) mass is 166 g/mol. The van der Waals surface area contributed by atoms with E-state index in [1.54, 1.807) is 14.0 Å². The Morgan fingerprint density at radius 2 is 2.08 bits per heavy atom. The Balaban J connectivity index is 3.03. The molecule has 0 aliphatic heterocycles. The van der Waals surface area contributed by atoms with Crippen LogP contribution in [0.1, 0.15) is 24.2 Å². The van der Waals surface area contributed by atoms with Crippen molar-refractivity contribution in [1.29, 1.82) is 0 Å². The van der Waals surface area contributed by atoms with Crippen LogP contribution in [0.15, 0.2) is 18.2 Å². The fourth-order valence-corrected chi connectivity index (χ4v) is 1.24. The van der Waals surface area contributed by atoms with Gasteiger partial charge in [-0.2, -0.15) is 0 Å². The molecule has 0 bridgehead atoms. The number of rotatable bonds is 2. The van der Waals surface area contributed by atoms with Crippen LogP contribution in [0, 0.1) is 6.92 Å². The number of ether oxygens (including phenoxy) is 1. The summed E-state index contributed by atoms with van der Waals surface area (Å²) < 4.78 is 5.05. The molecule has 2 nitrogen and oxygen atoms in total. The third kappa shape index (κ3) is 1.77. The van der Waals surface area contributed by atoms with Crippen molar-refractivity contribution in [2.45, 2.75) is 20.0 Å². The number of hydrogen-bond acceptors (Lipinski definition) is 2. The van der Waals surface area contributed by atoms with Crippen LogP contribution in [0.2, 0.25) is 0 Å². The molecule has 0 heterocycles. The first-order chi connectivity index (χ1) is 5.65. The van der Waals surface area contributed by atoms with Crippen LogP contribution in [-0.4, -0.2) is 12.2 Å². The maximum atomic E-state index is 9.33. The Morgan fingerprint density at radius 1 is 1.42 bits per heavy atom. The second-order valence-electron chi connectivity index (χ2n) is 2.90. The van der Waals surface area contributed by atoms with Crippen molar-refractivity contribution in [3.63, 3.8) is 0 Å². The van der Waals surface area contributed by atoms with Gasteiger partial charge in [-0.15, -0.1) is 0 Å². The fraction of sp³-hybridized carbons (Fsp3) is 0.400. The summed E-state index contributed by atoms with van der Waals surface area (Å²) in [5, 5.41) is 9.33. The summed E-state index contributed by atoms with van der Waals surface area (Å²) in [6, 6.07) is 5.66. The molecule has 0 aliphatic rings. The summed E-state index contributed by atoms with van der Waals surface area (Å²) >= 11 is 0. The maximum Gasteiger partial charge on any atom is 0.119 e. The van der Waals surface area contributed by atoms with Crippen LogP contribution in [0.5, 0.6) is 5.75 Å². The van der Waals surface area contributed by atoms with Crippen molar-refractivity contribution >= 4 is 0 Å². The van der Waals surface area contributed by atoms with Crippen LogP contribution >= 0.6 is 0 Å². The highest BCUT2D eigenvalue weighted by Crippen LogP contribution is 2.21. The molecule has 1 atom stereocenters. The third-order valence-electron chi connectivity index (χ3n) is 1.93. The topological polar surface area (TPSA) is 29.5 Å². The van der Waals surface area contributed by atoms with E-state index < -0.39 is 6.10 Å². The van der Waals surface area contributed by atoms with Gasteiger partial charge in [-0.3, -0.25) is 0 Å². The van der Waals surface area contributed by atoms with Crippen molar-refractivity contribution < 1.29 is 9.84 Å². The molecule has 0 saturated heterocycles. The molecule has 0 aromatic heterocycles. The zero-order chi connectivity index (χ0) is 9.14. The molecule has 66 valence electrons. The predicted molar refractivity (Wildman–Crippen MR) is 48.4 cm³/mol. The summed E-state index contributed by atoms with van der Waals surface area (Å²) in [4.78, 5) is 0. The maximum absolute atomic E-state index is 9.33. The molecule has 0 unspecified atom stereocenters. The zero-order valence-corrected chi connectivity index (χ0v) is 7.66. The normalized spacial score (nSPS) is 12.7. The molecule has 0 aliphatic carbocycles. The molecule has 0 saturated carbocycles. The van der Waals surface area contributed by atoms with Crippen molar-refractivity contribution in [2.75, 3.05) is 7.11 Å². The Kier molecular flexibility index (Phi) is 2.71. The van der Waals surface area contributed by atoms with Gasteiger partial charge in [-0.05, 0) is 37.1 Å². The number of hydrogen-bond donors (Lipinski definition) is 1. The lowest BCUT2D eigenvalue weighted by atomic mass is 10.0. The van der Waals surface area contributed by atoms with E-state index in [0.717, 1.165) is 16.9 Å². The average Bonchev–Trinajstić information content (AvgIpc) is 2.03. The van der Waals surface area contributed by atoms with E-state index in [0.29, 0.717) is 0 Å². The lowest BCUT2D eigenvalue weighted by Gasteiger charge is -2.09. The Hall–Kier alpha value is -1.02. The average molecular weight is 166 g/mol. The van der Waals surface area contributed by atoms with E-state index in [9.17, 15) is 5.11 Å². The predicted octanol–water partition coefficient (Wildman–Crippen LogP) is 2.06. The highest BCUT2D eigenvalue weighted by molar-refractivity contribution is 5.35. The van der Waals surface area contributed by atoms with Crippen LogP contribution in [-0.2, 0) is 0 Å². The Bertz CT molecular complexity index is 267. The molecule has 1 N–H and O–H groups in total. The van der Waals surface area contributed by atoms with Gasteiger partial charge in [0.05, 0.1) is 13.2 Å². The molecule has 0 fully saturated rings. The summed E-state index contributed by atoms with van der Waals surface area (Å²) in [6.07, 6.45) is -0.407. The van der Waals surface area contributed by atoms with Crippen molar-refractivity contribution in [1.82, 2.24) is 0 Å². The lowest BCUT2D eigenvalue weighted by Crippen LogP contribution is -1.95. The molecule has 0 spiro atoms. The van der Waals surface area contributed by atoms with Gasteiger partial charge in [0, 0.05) is 0 Å². The Morgan fingerprint density at radius 3 is 2.50 bits per heavy atom. The molecule has 1 aromatic rings. The summed E-state index contributed by atoms with van der Waals surface area (Å²) in [7, 11) is 1.64. The van der Waals surface area contributed by atoms with Crippen molar-refractivity contribution in [3.05, 3.63) is 29.3 Å². The standard InChI is InChI=1S/C10H14O2/c1-7-6-9(12-3)4-5-10(7)8(2)11/h4-6,8,11H,1-3H3/t8-/m0/s1. The highest BCUT2D eigenvalue weighted by Gasteiger charge is 2.04. The molecule has 2 heteroatoms.